The third-order valence-corrected chi connectivity index (χ3v) is 4.07. The SMILES string of the molecule is CCCCNC(=NCC(C)(C)N1CC(C)OC(C)C1)NCC. The molecule has 0 aliphatic carbocycles. The number of hydrogen-bond acceptors (Lipinski definition) is 3. The van der Waals surface area contributed by atoms with Crippen LogP contribution < -0.4 is 10.6 Å². The van der Waals surface area contributed by atoms with Crippen molar-refractivity contribution >= 4 is 5.96 Å². The van der Waals surface area contributed by atoms with Crippen molar-refractivity contribution < 1.29 is 4.74 Å². The normalized spacial score (nSPS) is 24.4. The third-order valence-electron chi connectivity index (χ3n) is 4.07. The molecule has 1 aliphatic heterocycles. The number of aliphatic imine (C=N–C) groups is 1. The molecule has 2 atom stereocenters. The number of guanidine groups is 1. The van der Waals surface area contributed by atoms with Crippen LogP contribution in [-0.4, -0.2) is 61.3 Å². The van der Waals surface area contributed by atoms with Crippen LogP contribution in [0.2, 0.25) is 0 Å². The molecule has 1 heterocycles. The van der Waals surface area contributed by atoms with Crippen molar-refractivity contribution in [2.45, 2.75) is 72.1 Å². The van der Waals surface area contributed by atoms with Crippen LogP contribution in [0.15, 0.2) is 4.99 Å². The Bertz CT molecular complexity index is 334. The topological polar surface area (TPSA) is 48.9 Å². The van der Waals surface area contributed by atoms with E-state index in [1.54, 1.807) is 0 Å². The molecule has 5 heteroatoms. The van der Waals surface area contributed by atoms with Gasteiger partial charge >= 0.3 is 0 Å². The zero-order valence-electron chi connectivity index (χ0n) is 15.4. The highest BCUT2D eigenvalue weighted by Gasteiger charge is 2.33. The first-order valence-electron chi connectivity index (χ1n) is 8.81. The van der Waals surface area contributed by atoms with E-state index < -0.39 is 0 Å². The maximum Gasteiger partial charge on any atom is 0.191 e. The maximum absolute atomic E-state index is 5.84. The van der Waals surface area contributed by atoms with Gasteiger partial charge in [-0.1, -0.05) is 13.3 Å². The van der Waals surface area contributed by atoms with E-state index in [0.29, 0.717) is 12.2 Å². The van der Waals surface area contributed by atoms with E-state index in [4.69, 9.17) is 9.73 Å². The van der Waals surface area contributed by atoms with Crippen LogP contribution in [0.1, 0.15) is 54.4 Å². The summed E-state index contributed by atoms with van der Waals surface area (Å²) in [7, 11) is 0. The first-order chi connectivity index (χ1) is 10.4. The van der Waals surface area contributed by atoms with E-state index in [0.717, 1.165) is 38.7 Å². The minimum atomic E-state index is 0.0411. The molecule has 0 saturated carbocycles. The van der Waals surface area contributed by atoms with Crippen molar-refractivity contribution in [3.63, 3.8) is 0 Å². The fourth-order valence-electron chi connectivity index (χ4n) is 2.77. The molecule has 2 N–H and O–H groups in total. The standard InChI is InChI=1S/C17H36N4O/c1-7-9-10-19-16(18-8-2)20-13-17(5,6)21-11-14(3)22-15(4)12-21/h14-15H,7-13H2,1-6H3,(H2,18,19,20). The van der Waals surface area contributed by atoms with Gasteiger partial charge in [0.1, 0.15) is 0 Å². The predicted molar refractivity (Wildman–Crippen MR) is 94.6 cm³/mol. The lowest BCUT2D eigenvalue weighted by Crippen LogP contribution is -2.56. The molecule has 0 bridgehead atoms. The lowest BCUT2D eigenvalue weighted by Gasteiger charge is -2.44. The molecule has 2 unspecified atom stereocenters. The third kappa shape index (κ3) is 6.53. The summed E-state index contributed by atoms with van der Waals surface area (Å²) in [6.45, 7) is 17.8. The fourth-order valence-corrected chi connectivity index (χ4v) is 2.77. The summed E-state index contributed by atoms with van der Waals surface area (Å²) in [5, 5.41) is 6.74. The second-order valence-corrected chi connectivity index (χ2v) is 6.95. The van der Waals surface area contributed by atoms with E-state index in [-0.39, 0.29) is 5.54 Å². The Morgan fingerprint density at radius 1 is 1.18 bits per heavy atom. The lowest BCUT2D eigenvalue weighted by atomic mass is 10.0. The van der Waals surface area contributed by atoms with Gasteiger partial charge in [0.15, 0.2) is 5.96 Å². The zero-order valence-corrected chi connectivity index (χ0v) is 15.4. The number of nitrogens with one attached hydrogen (secondary N) is 2. The minimum Gasteiger partial charge on any atom is -0.373 e. The van der Waals surface area contributed by atoms with Gasteiger partial charge in [0.05, 0.1) is 18.8 Å². The molecule has 1 aliphatic rings. The number of nitrogens with zero attached hydrogens (tertiary/aromatic N) is 2. The van der Waals surface area contributed by atoms with Gasteiger partial charge in [-0.15, -0.1) is 0 Å². The second kappa shape index (κ2) is 9.36. The highest BCUT2D eigenvalue weighted by Crippen LogP contribution is 2.21. The molecule has 1 fully saturated rings. The van der Waals surface area contributed by atoms with E-state index in [9.17, 15) is 0 Å². The summed E-state index contributed by atoms with van der Waals surface area (Å²) in [5.41, 5.74) is 0.0411. The van der Waals surface area contributed by atoms with Gasteiger partial charge in [0.25, 0.3) is 0 Å². The molecule has 0 aromatic rings. The van der Waals surface area contributed by atoms with E-state index in [1.807, 2.05) is 0 Å². The van der Waals surface area contributed by atoms with Gasteiger partial charge in [-0.2, -0.15) is 0 Å². The second-order valence-electron chi connectivity index (χ2n) is 6.95. The summed E-state index contributed by atoms with van der Waals surface area (Å²) in [6.07, 6.45) is 2.96. The number of hydrogen-bond donors (Lipinski definition) is 2. The quantitative estimate of drug-likeness (QED) is 0.430. The van der Waals surface area contributed by atoms with Crippen LogP contribution >= 0.6 is 0 Å². The summed E-state index contributed by atoms with van der Waals surface area (Å²) < 4.78 is 5.84. The Balaban J connectivity index is 2.60. The monoisotopic (exact) mass is 312 g/mol. The average molecular weight is 313 g/mol. The van der Waals surface area contributed by atoms with Gasteiger partial charge in [0, 0.05) is 31.7 Å². The molecule has 0 radical (unpaired) electrons. The lowest BCUT2D eigenvalue weighted by molar-refractivity contribution is -0.0939. The van der Waals surface area contributed by atoms with Gasteiger partial charge in [-0.25, -0.2) is 0 Å². The molecule has 1 saturated heterocycles. The Morgan fingerprint density at radius 2 is 1.82 bits per heavy atom. The Labute approximate surface area is 136 Å². The first-order valence-corrected chi connectivity index (χ1v) is 8.81. The minimum absolute atomic E-state index is 0.0411. The maximum atomic E-state index is 5.84. The molecule has 5 nitrogen and oxygen atoms in total. The van der Waals surface area contributed by atoms with Crippen molar-refractivity contribution in [1.82, 2.24) is 15.5 Å². The smallest absolute Gasteiger partial charge is 0.191 e. The summed E-state index contributed by atoms with van der Waals surface area (Å²) in [5.74, 6) is 0.929. The number of morpholine rings is 1. The van der Waals surface area contributed by atoms with Crippen LogP contribution in [0.3, 0.4) is 0 Å². The van der Waals surface area contributed by atoms with Gasteiger partial charge in [0.2, 0.25) is 0 Å². The molecule has 130 valence electrons. The zero-order chi connectivity index (χ0) is 16.6. The molecular weight excluding hydrogens is 276 g/mol. The van der Waals surface area contributed by atoms with E-state index in [1.165, 1.54) is 12.8 Å². The van der Waals surface area contributed by atoms with Crippen molar-refractivity contribution in [1.29, 1.82) is 0 Å². The van der Waals surface area contributed by atoms with Gasteiger partial charge in [-0.05, 0) is 41.0 Å². The Hall–Kier alpha value is -0.810. The molecule has 0 amide bonds. The van der Waals surface area contributed by atoms with Crippen molar-refractivity contribution in [3.8, 4) is 0 Å². The van der Waals surface area contributed by atoms with Crippen LogP contribution in [0.25, 0.3) is 0 Å². The molecular formula is C17H36N4O. The molecule has 0 spiro atoms. The Kier molecular flexibility index (Phi) is 8.18. The van der Waals surface area contributed by atoms with Gasteiger partial charge < -0.3 is 15.4 Å². The summed E-state index contributed by atoms with van der Waals surface area (Å²) >= 11 is 0. The van der Waals surface area contributed by atoms with Crippen LogP contribution in [0, 0.1) is 0 Å². The van der Waals surface area contributed by atoms with E-state index in [2.05, 4.69) is 57.1 Å². The Morgan fingerprint density at radius 3 is 2.36 bits per heavy atom. The largest absolute Gasteiger partial charge is 0.373 e. The van der Waals surface area contributed by atoms with Crippen molar-refractivity contribution in [2.24, 2.45) is 4.99 Å². The van der Waals surface area contributed by atoms with E-state index >= 15 is 0 Å². The van der Waals surface area contributed by atoms with Crippen molar-refractivity contribution in [2.75, 3.05) is 32.7 Å². The van der Waals surface area contributed by atoms with Crippen LogP contribution in [0.5, 0.6) is 0 Å². The number of unbranched alkanes of at least 4 members (excludes halogenated alkanes) is 1. The summed E-state index contributed by atoms with van der Waals surface area (Å²) in [4.78, 5) is 7.30. The molecule has 1 rings (SSSR count). The number of ether oxygens (including phenoxy) is 1. The van der Waals surface area contributed by atoms with Crippen LogP contribution in [0.4, 0.5) is 0 Å². The number of rotatable bonds is 7. The summed E-state index contributed by atoms with van der Waals surface area (Å²) in [6, 6.07) is 0. The fraction of sp³-hybridized carbons (Fsp3) is 0.941. The van der Waals surface area contributed by atoms with Gasteiger partial charge in [-0.3, -0.25) is 9.89 Å². The molecule has 0 aromatic carbocycles. The average Bonchev–Trinajstić information content (AvgIpc) is 2.44. The van der Waals surface area contributed by atoms with Crippen molar-refractivity contribution in [3.05, 3.63) is 0 Å². The predicted octanol–water partition coefficient (Wildman–Crippen LogP) is 2.23. The highest BCUT2D eigenvalue weighted by molar-refractivity contribution is 5.79. The van der Waals surface area contributed by atoms with Crippen LogP contribution in [-0.2, 0) is 4.74 Å². The molecule has 22 heavy (non-hydrogen) atoms. The highest BCUT2D eigenvalue weighted by atomic mass is 16.5. The first kappa shape index (κ1) is 19.2. The molecule has 0 aromatic heterocycles.